The van der Waals surface area contributed by atoms with Gasteiger partial charge >= 0.3 is 5.97 Å². The minimum atomic E-state index is -1.50. The third-order valence-corrected chi connectivity index (χ3v) is 14.1. The third-order valence-electron chi connectivity index (χ3n) is 14.1. The summed E-state index contributed by atoms with van der Waals surface area (Å²) in [5, 5.41) is 28.8. The lowest BCUT2D eigenvalue weighted by Crippen LogP contribution is -2.83. The average molecular weight is 702 g/mol. The molecule has 1 saturated heterocycles. The number of likely N-dealkylation sites (tertiary alicyclic amines) is 1. The van der Waals surface area contributed by atoms with E-state index in [1.165, 1.54) is 6.08 Å². The molecule has 2 heterocycles. The number of methoxy groups -OCH3 is 3. The summed E-state index contributed by atoms with van der Waals surface area (Å²) in [7, 11) is 5.05. The first-order valence-corrected chi connectivity index (χ1v) is 18.5. The number of hydrogen-bond acceptors (Lipinski definition) is 10. The van der Waals surface area contributed by atoms with Gasteiger partial charge in [0, 0.05) is 81.2 Å². The molecule has 5 saturated carbocycles. The number of carbonyl (C=O) groups is 2. The molecule has 1 aromatic carbocycles. The maximum atomic E-state index is 14.5. The number of benzene rings is 1. The highest BCUT2D eigenvalue weighted by atomic mass is 16.6. The van der Waals surface area contributed by atoms with Crippen molar-refractivity contribution in [2.24, 2.45) is 29.1 Å². The molecule has 11 nitrogen and oxygen atoms in total. The van der Waals surface area contributed by atoms with Gasteiger partial charge in [-0.15, -0.1) is 0 Å². The monoisotopic (exact) mass is 701 g/mol. The fourth-order valence-electron chi connectivity index (χ4n) is 12.7. The third kappa shape index (κ3) is 4.61. The van der Waals surface area contributed by atoms with Crippen molar-refractivity contribution in [3.63, 3.8) is 0 Å². The number of para-hydroxylation sites is 1. The van der Waals surface area contributed by atoms with E-state index in [1.807, 2.05) is 26.0 Å². The van der Waals surface area contributed by atoms with Crippen LogP contribution in [-0.2, 0) is 23.7 Å². The van der Waals surface area contributed by atoms with Crippen molar-refractivity contribution in [2.45, 2.75) is 94.0 Å². The maximum Gasteiger partial charge on any atom is 0.340 e. The molecule has 274 valence electrons. The number of hydrogen-bond donors (Lipinski definition) is 3. The number of fused-ring (bicyclic) bond motifs is 2. The van der Waals surface area contributed by atoms with Gasteiger partial charge in [-0.05, 0) is 82.0 Å². The van der Waals surface area contributed by atoms with Gasteiger partial charge in [-0.2, -0.15) is 0 Å². The topological polar surface area (TPSA) is 140 Å². The van der Waals surface area contributed by atoms with Crippen LogP contribution in [0.5, 0.6) is 0 Å². The first-order chi connectivity index (χ1) is 24.4. The number of aromatic nitrogens is 1. The molecule has 1 aromatic heterocycles. The Labute approximate surface area is 299 Å². The van der Waals surface area contributed by atoms with Crippen LogP contribution in [0.15, 0.2) is 42.5 Å². The summed E-state index contributed by atoms with van der Waals surface area (Å²) >= 11 is 0. The second kappa shape index (κ2) is 12.2. The normalized spacial score (nSPS) is 41.9. The number of nitrogens with zero attached hydrogens (tertiary/aromatic N) is 2. The Balaban J connectivity index is 1.15. The highest BCUT2D eigenvalue weighted by Crippen LogP contribution is 2.79. The van der Waals surface area contributed by atoms with Crippen molar-refractivity contribution in [1.29, 1.82) is 0 Å². The van der Waals surface area contributed by atoms with Crippen LogP contribution in [0.1, 0.15) is 66.3 Å². The summed E-state index contributed by atoms with van der Waals surface area (Å²) in [6.45, 7) is 7.21. The number of aryl methyl sites for hydroxylation is 2. The lowest BCUT2D eigenvalue weighted by molar-refractivity contribution is -0.337. The molecule has 8 rings (SSSR count). The lowest BCUT2D eigenvalue weighted by Gasteiger charge is -2.70. The standard InChI is InChI=1S/C40H51N3O8/c1-7-43-21-37(51-36(45)25-10-8-9-11-28(25)42-33(44)13-12-24-17-22(2)16-23(3)41-24)15-14-32(49-5)39-30(37)19-27(34(39)43)38(46)20-29(48-4)26-18-31(39)40(38,47)35(26)50-6/h8-13,16-17,26-27,29-32,34-35,46-47H,7,14-15,18-21H2,1-6H3,(H,42,44)/b13-12+/t26-,27-,29+,30-,31+,32+,34?,35?,37-,38+,39+,40+/m1/s1. The SMILES string of the molecule is CCN1C[C@]2(OC(=O)c3ccccc3NC(=O)/C=C/c3cc(C)cc(C)n3)CC[C@H](OC)[C@]34C1[C@@H](C[C@H]23)[C@@]1(O)C[C@H](OC)[C@H]2C[C@@H]4[C@]1(O)C2OC. The van der Waals surface area contributed by atoms with E-state index in [9.17, 15) is 19.8 Å². The van der Waals surface area contributed by atoms with Crippen LogP contribution >= 0.6 is 0 Å². The molecule has 7 bridgehead atoms. The van der Waals surface area contributed by atoms with E-state index >= 15 is 0 Å². The number of carbonyl (C=O) groups excluding carboxylic acids is 2. The van der Waals surface area contributed by atoms with Crippen molar-refractivity contribution in [1.82, 2.24) is 9.88 Å². The molecule has 11 heteroatoms. The molecule has 2 aromatic rings. The second-order valence-corrected chi connectivity index (χ2v) is 16.0. The molecule has 1 amide bonds. The Bertz CT molecular complexity index is 1750. The number of aliphatic hydroxyl groups is 2. The largest absolute Gasteiger partial charge is 0.454 e. The highest BCUT2D eigenvalue weighted by Gasteiger charge is 2.89. The fraction of sp³-hybridized carbons (Fsp3) is 0.625. The number of piperidine rings is 1. The Morgan fingerprint density at radius 2 is 1.84 bits per heavy atom. The van der Waals surface area contributed by atoms with Crippen LogP contribution in [0, 0.1) is 42.9 Å². The number of rotatable bonds is 9. The zero-order valence-corrected chi connectivity index (χ0v) is 30.4. The lowest BCUT2D eigenvalue weighted by atomic mass is 9.44. The van der Waals surface area contributed by atoms with E-state index in [0.717, 1.165) is 11.3 Å². The summed E-state index contributed by atoms with van der Waals surface area (Å²) in [4.78, 5) is 34.4. The summed E-state index contributed by atoms with van der Waals surface area (Å²) < 4.78 is 25.3. The van der Waals surface area contributed by atoms with Crippen molar-refractivity contribution >= 4 is 23.6 Å². The average Bonchev–Trinajstić information content (AvgIpc) is 3.53. The van der Waals surface area contributed by atoms with E-state index in [0.29, 0.717) is 56.6 Å². The fourth-order valence-corrected chi connectivity index (χ4v) is 12.7. The second-order valence-electron chi connectivity index (χ2n) is 16.0. The summed E-state index contributed by atoms with van der Waals surface area (Å²) in [6, 6.07) is 10.7. The Kier molecular flexibility index (Phi) is 8.33. The predicted octanol–water partition coefficient (Wildman–Crippen LogP) is 3.93. The van der Waals surface area contributed by atoms with Crippen LogP contribution in [0.4, 0.5) is 5.69 Å². The molecule has 51 heavy (non-hydrogen) atoms. The zero-order chi connectivity index (χ0) is 36.1. The van der Waals surface area contributed by atoms with Crippen LogP contribution in [-0.4, -0.2) is 108 Å². The molecular weight excluding hydrogens is 650 g/mol. The van der Waals surface area contributed by atoms with Gasteiger partial charge in [-0.25, -0.2) is 4.79 Å². The quantitative estimate of drug-likeness (QED) is 0.261. The van der Waals surface area contributed by atoms with Gasteiger partial charge in [0.2, 0.25) is 5.91 Å². The van der Waals surface area contributed by atoms with Gasteiger partial charge < -0.3 is 34.5 Å². The summed E-state index contributed by atoms with van der Waals surface area (Å²) in [5.74, 6) is -1.82. The highest BCUT2D eigenvalue weighted by molar-refractivity contribution is 6.06. The first kappa shape index (κ1) is 34.9. The molecule has 12 atom stereocenters. The number of esters is 1. The van der Waals surface area contributed by atoms with Gasteiger partial charge in [0.05, 0.1) is 35.3 Å². The van der Waals surface area contributed by atoms with Gasteiger partial charge in [-0.3, -0.25) is 14.7 Å². The van der Waals surface area contributed by atoms with E-state index in [1.54, 1.807) is 51.7 Å². The van der Waals surface area contributed by atoms with Crippen molar-refractivity contribution in [2.75, 3.05) is 39.7 Å². The number of likely N-dealkylation sites (N-methyl/N-ethyl adjacent to an activating group) is 1. The molecule has 1 aliphatic heterocycles. The predicted molar refractivity (Wildman–Crippen MR) is 189 cm³/mol. The summed E-state index contributed by atoms with van der Waals surface area (Å²) in [6.07, 6.45) is 4.79. The smallest absolute Gasteiger partial charge is 0.340 e. The van der Waals surface area contributed by atoms with Crippen LogP contribution < -0.4 is 5.32 Å². The molecule has 6 aliphatic rings. The minimum Gasteiger partial charge on any atom is -0.454 e. The van der Waals surface area contributed by atoms with Crippen molar-refractivity contribution in [3.05, 3.63) is 65.0 Å². The van der Waals surface area contributed by atoms with E-state index in [-0.39, 0.29) is 53.4 Å². The molecular formula is C40H51N3O8. The molecule has 0 radical (unpaired) electrons. The Morgan fingerprint density at radius 3 is 2.55 bits per heavy atom. The molecule has 6 fully saturated rings. The molecule has 1 spiro atoms. The molecule has 3 N–H and O–H groups in total. The van der Waals surface area contributed by atoms with Gasteiger partial charge in [0.25, 0.3) is 0 Å². The number of amides is 1. The minimum absolute atomic E-state index is 0.0724. The summed E-state index contributed by atoms with van der Waals surface area (Å²) in [5.41, 5.74) is -1.24. The van der Waals surface area contributed by atoms with Crippen LogP contribution in [0.3, 0.4) is 0 Å². The Hall–Kier alpha value is -3.19. The number of nitrogens with one attached hydrogen (secondary N) is 1. The van der Waals surface area contributed by atoms with Gasteiger partial charge in [0.15, 0.2) is 0 Å². The van der Waals surface area contributed by atoms with Crippen LogP contribution in [0.25, 0.3) is 6.08 Å². The van der Waals surface area contributed by atoms with E-state index < -0.39 is 34.3 Å². The van der Waals surface area contributed by atoms with E-state index in [4.69, 9.17) is 18.9 Å². The molecule has 5 aliphatic carbocycles. The maximum absolute atomic E-state index is 14.5. The Morgan fingerprint density at radius 1 is 1.06 bits per heavy atom. The van der Waals surface area contributed by atoms with Crippen molar-refractivity contribution in [3.8, 4) is 0 Å². The number of anilines is 1. The number of pyridine rings is 1. The van der Waals surface area contributed by atoms with Crippen molar-refractivity contribution < 1.29 is 38.7 Å². The van der Waals surface area contributed by atoms with Gasteiger partial charge in [-0.1, -0.05) is 19.1 Å². The van der Waals surface area contributed by atoms with E-state index in [2.05, 4.69) is 22.1 Å². The number of ether oxygens (including phenoxy) is 4. The van der Waals surface area contributed by atoms with Crippen LogP contribution in [0.2, 0.25) is 0 Å². The first-order valence-electron chi connectivity index (χ1n) is 18.5. The van der Waals surface area contributed by atoms with Gasteiger partial charge in [0.1, 0.15) is 16.8 Å². The molecule has 2 unspecified atom stereocenters. The zero-order valence-electron chi connectivity index (χ0n) is 30.4.